The number of carbonyl (C=O) groups excluding carboxylic acids is 1. The number of nitrogens with zero attached hydrogens (tertiary/aromatic N) is 3. The van der Waals surface area contributed by atoms with Crippen LogP contribution in [0.15, 0.2) is 24.4 Å². The lowest BCUT2D eigenvalue weighted by molar-refractivity contribution is -0.153. The first-order valence-corrected chi connectivity index (χ1v) is 9.52. The lowest BCUT2D eigenvalue weighted by Gasteiger charge is -2.34. The highest BCUT2D eigenvalue weighted by Gasteiger charge is 2.33. The first-order valence-electron chi connectivity index (χ1n) is 9.52. The zero-order chi connectivity index (χ0) is 19.3. The molecule has 0 amide bonds. The summed E-state index contributed by atoms with van der Waals surface area (Å²) in [6.07, 6.45) is 0.558. The predicted octanol–water partition coefficient (Wildman–Crippen LogP) is 3.12. The van der Waals surface area contributed by atoms with Crippen molar-refractivity contribution in [3.05, 3.63) is 24.4 Å². The number of pyridine rings is 1. The van der Waals surface area contributed by atoms with E-state index in [1.807, 2.05) is 18.2 Å². The van der Waals surface area contributed by atoms with Gasteiger partial charge in [-0.05, 0) is 56.8 Å². The van der Waals surface area contributed by atoms with Crippen LogP contribution in [-0.2, 0) is 9.53 Å². The third-order valence-electron chi connectivity index (χ3n) is 5.30. The molecule has 1 atom stereocenters. The van der Waals surface area contributed by atoms with Crippen LogP contribution in [0.25, 0.3) is 0 Å². The number of anilines is 1. The molecule has 8 heteroatoms. The minimum atomic E-state index is -4.15. The molecule has 5 nitrogen and oxygen atoms in total. The summed E-state index contributed by atoms with van der Waals surface area (Å²) < 4.78 is 42.8. The van der Waals surface area contributed by atoms with Crippen molar-refractivity contribution in [2.75, 3.05) is 44.2 Å². The zero-order valence-corrected chi connectivity index (χ0v) is 15.3. The maximum absolute atomic E-state index is 12.4. The van der Waals surface area contributed by atoms with Gasteiger partial charge in [-0.15, -0.1) is 0 Å². The molecule has 0 bridgehead atoms. The maximum atomic E-state index is 12.4. The normalized spacial score (nSPS) is 22.6. The van der Waals surface area contributed by atoms with Crippen molar-refractivity contribution in [3.8, 4) is 0 Å². The second kappa shape index (κ2) is 8.91. The van der Waals surface area contributed by atoms with Crippen LogP contribution in [-0.4, -0.2) is 61.4 Å². The van der Waals surface area contributed by atoms with Crippen molar-refractivity contribution < 1.29 is 22.7 Å². The molecule has 150 valence electrons. The van der Waals surface area contributed by atoms with E-state index in [0.717, 1.165) is 25.2 Å². The van der Waals surface area contributed by atoms with E-state index >= 15 is 0 Å². The fraction of sp³-hybridized carbons (Fsp3) is 0.684. The Labute approximate surface area is 157 Å². The largest absolute Gasteiger partial charge is 0.465 e. The van der Waals surface area contributed by atoms with E-state index in [9.17, 15) is 18.0 Å². The van der Waals surface area contributed by atoms with Crippen LogP contribution in [0, 0.1) is 11.8 Å². The Kier molecular flexibility index (Phi) is 6.57. The fourth-order valence-electron chi connectivity index (χ4n) is 3.80. The van der Waals surface area contributed by atoms with Crippen LogP contribution in [0.3, 0.4) is 0 Å². The summed E-state index contributed by atoms with van der Waals surface area (Å²) in [6, 6.07) is 5.72. The molecule has 1 aromatic heterocycles. The molecule has 2 saturated heterocycles. The Bertz CT molecular complexity index is 604. The Morgan fingerprint density at radius 3 is 2.63 bits per heavy atom. The van der Waals surface area contributed by atoms with Crippen LogP contribution in [0.4, 0.5) is 19.0 Å². The van der Waals surface area contributed by atoms with Gasteiger partial charge in [-0.3, -0.25) is 9.69 Å². The highest BCUT2D eigenvalue weighted by Crippen LogP contribution is 2.25. The first kappa shape index (κ1) is 19.9. The first-order chi connectivity index (χ1) is 12.9. The van der Waals surface area contributed by atoms with Crippen LogP contribution < -0.4 is 4.90 Å². The van der Waals surface area contributed by atoms with E-state index in [1.165, 1.54) is 4.90 Å². The minimum Gasteiger partial charge on any atom is -0.465 e. The molecule has 1 aromatic rings. The Balaban J connectivity index is 1.41. The summed E-state index contributed by atoms with van der Waals surface area (Å²) in [5.41, 5.74) is 0. The zero-order valence-electron chi connectivity index (χ0n) is 15.3. The molecule has 0 saturated carbocycles. The standard InChI is InChI=1S/C19H26F3N3O2/c20-19(21,22)14-24-10-6-15(7-11-24)13-27-18(26)16-4-3-9-25(12-16)17-5-1-2-8-23-17/h1-2,5,8,15-16H,3-4,6-7,9-14H2/t16-/m0/s1. The molecule has 0 unspecified atom stereocenters. The third kappa shape index (κ3) is 6.09. The number of esters is 1. The molecule has 0 aliphatic carbocycles. The summed E-state index contributed by atoms with van der Waals surface area (Å²) in [4.78, 5) is 20.3. The number of hydrogen-bond donors (Lipinski definition) is 0. The van der Waals surface area contributed by atoms with E-state index in [1.54, 1.807) is 6.20 Å². The summed E-state index contributed by atoms with van der Waals surface area (Å²) >= 11 is 0. The number of likely N-dealkylation sites (tertiary alicyclic amines) is 1. The number of hydrogen-bond acceptors (Lipinski definition) is 5. The molecule has 2 aliphatic heterocycles. The van der Waals surface area contributed by atoms with Crippen molar-refractivity contribution in [3.63, 3.8) is 0 Å². The van der Waals surface area contributed by atoms with Gasteiger partial charge in [0.15, 0.2) is 0 Å². The summed E-state index contributed by atoms with van der Waals surface area (Å²) in [7, 11) is 0. The SMILES string of the molecule is O=C(OCC1CCN(CC(F)(F)F)CC1)[C@H]1CCCN(c2ccccn2)C1. The van der Waals surface area contributed by atoms with Crippen molar-refractivity contribution in [2.24, 2.45) is 11.8 Å². The molecule has 0 radical (unpaired) electrons. The Morgan fingerprint density at radius 2 is 1.96 bits per heavy atom. The average molecular weight is 385 g/mol. The van der Waals surface area contributed by atoms with E-state index in [-0.39, 0.29) is 17.8 Å². The number of rotatable bonds is 5. The van der Waals surface area contributed by atoms with Crippen LogP contribution >= 0.6 is 0 Å². The van der Waals surface area contributed by atoms with Gasteiger partial charge >= 0.3 is 12.1 Å². The topological polar surface area (TPSA) is 45.7 Å². The van der Waals surface area contributed by atoms with Crippen LogP contribution in [0.1, 0.15) is 25.7 Å². The molecule has 3 rings (SSSR count). The molecular formula is C19H26F3N3O2. The number of carbonyl (C=O) groups is 1. The van der Waals surface area contributed by atoms with Crippen molar-refractivity contribution in [1.29, 1.82) is 0 Å². The smallest absolute Gasteiger partial charge is 0.401 e. The van der Waals surface area contributed by atoms with Gasteiger partial charge in [0.05, 0.1) is 19.1 Å². The molecule has 2 aliphatic rings. The lowest BCUT2D eigenvalue weighted by atomic mass is 9.96. The van der Waals surface area contributed by atoms with E-state index in [4.69, 9.17) is 4.74 Å². The van der Waals surface area contributed by atoms with Gasteiger partial charge in [0.1, 0.15) is 5.82 Å². The van der Waals surface area contributed by atoms with E-state index in [2.05, 4.69) is 9.88 Å². The molecule has 2 fully saturated rings. The average Bonchev–Trinajstić information content (AvgIpc) is 2.67. The van der Waals surface area contributed by atoms with E-state index < -0.39 is 12.7 Å². The summed E-state index contributed by atoms with van der Waals surface area (Å²) in [5.74, 6) is 0.639. The highest BCUT2D eigenvalue weighted by molar-refractivity contribution is 5.73. The maximum Gasteiger partial charge on any atom is 0.401 e. The molecule has 3 heterocycles. The lowest BCUT2D eigenvalue weighted by Crippen LogP contribution is -2.42. The van der Waals surface area contributed by atoms with Crippen molar-refractivity contribution in [1.82, 2.24) is 9.88 Å². The number of piperidine rings is 2. The highest BCUT2D eigenvalue weighted by atomic mass is 19.4. The molecular weight excluding hydrogens is 359 g/mol. The molecule has 0 N–H and O–H groups in total. The molecule has 0 spiro atoms. The quantitative estimate of drug-likeness (QED) is 0.729. The fourth-order valence-corrected chi connectivity index (χ4v) is 3.80. The number of halogens is 3. The molecule has 27 heavy (non-hydrogen) atoms. The van der Waals surface area contributed by atoms with Gasteiger partial charge in [0, 0.05) is 19.3 Å². The van der Waals surface area contributed by atoms with Crippen LogP contribution in [0.5, 0.6) is 0 Å². The monoisotopic (exact) mass is 385 g/mol. The van der Waals surface area contributed by atoms with Crippen molar-refractivity contribution in [2.45, 2.75) is 31.9 Å². The molecule has 0 aromatic carbocycles. The summed E-state index contributed by atoms with van der Waals surface area (Å²) in [5, 5.41) is 0. The number of aromatic nitrogens is 1. The Hall–Kier alpha value is -1.83. The minimum absolute atomic E-state index is 0.147. The number of ether oxygens (including phenoxy) is 1. The summed E-state index contributed by atoms with van der Waals surface area (Å²) in [6.45, 7) is 1.72. The van der Waals surface area contributed by atoms with Crippen molar-refractivity contribution >= 4 is 11.8 Å². The van der Waals surface area contributed by atoms with Gasteiger partial charge in [0.25, 0.3) is 0 Å². The Morgan fingerprint density at radius 1 is 1.19 bits per heavy atom. The van der Waals surface area contributed by atoms with Gasteiger partial charge in [-0.2, -0.15) is 13.2 Å². The number of alkyl halides is 3. The second-order valence-electron chi connectivity index (χ2n) is 7.44. The van der Waals surface area contributed by atoms with Gasteiger partial charge in [-0.1, -0.05) is 6.07 Å². The van der Waals surface area contributed by atoms with E-state index in [0.29, 0.717) is 39.1 Å². The van der Waals surface area contributed by atoms with Gasteiger partial charge in [-0.25, -0.2) is 4.98 Å². The van der Waals surface area contributed by atoms with Gasteiger partial charge in [0.2, 0.25) is 0 Å². The second-order valence-corrected chi connectivity index (χ2v) is 7.44. The third-order valence-corrected chi connectivity index (χ3v) is 5.30. The van der Waals surface area contributed by atoms with Gasteiger partial charge < -0.3 is 9.64 Å². The predicted molar refractivity (Wildman–Crippen MR) is 95.4 cm³/mol. The van der Waals surface area contributed by atoms with Crippen LogP contribution in [0.2, 0.25) is 0 Å².